The Morgan fingerprint density at radius 1 is 1.40 bits per heavy atom. The minimum atomic E-state index is 0.509. The predicted octanol–water partition coefficient (Wildman–Crippen LogP) is 0.634. The van der Waals surface area contributed by atoms with Crippen molar-refractivity contribution in [2.75, 3.05) is 37.8 Å². The Morgan fingerprint density at radius 3 is 2.87 bits per heavy atom. The van der Waals surface area contributed by atoms with Crippen molar-refractivity contribution in [2.24, 2.45) is 0 Å². The molecule has 5 heteroatoms. The maximum absolute atomic E-state index is 4.20. The van der Waals surface area contributed by atoms with Crippen LogP contribution in [-0.4, -0.2) is 48.1 Å². The van der Waals surface area contributed by atoms with Gasteiger partial charge in [-0.1, -0.05) is 0 Å². The fourth-order valence-corrected chi connectivity index (χ4v) is 1.83. The number of hydrogen-bond acceptors (Lipinski definition) is 5. The van der Waals surface area contributed by atoms with Gasteiger partial charge >= 0.3 is 0 Å². The van der Waals surface area contributed by atoms with Crippen molar-refractivity contribution < 1.29 is 0 Å². The highest BCUT2D eigenvalue weighted by Gasteiger charge is 2.19. The van der Waals surface area contributed by atoms with Gasteiger partial charge < -0.3 is 15.5 Å². The highest BCUT2D eigenvalue weighted by atomic mass is 15.2. The van der Waals surface area contributed by atoms with Gasteiger partial charge in [0.15, 0.2) is 0 Å². The zero-order valence-electron chi connectivity index (χ0n) is 9.20. The van der Waals surface area contributed by atoms with E-state index in [0.29, 0.717) is 6.04 Å². The second-order valence-electron chi connectivity index (χ2n) is 3.93. The normalized spacial score (nSPS) is 21.6. The van der Waals surface area contributed by atoms with Gasteiger partial charge in [-0.05, 0) is 20.0 Å². The van der Waals surface area contributed by atoms with Crippen LogP contribution in [0.1, 0.15) is 6.42 Å². The van der Waals surface area contributed by atoms with Crippen LogP contribution in [-0.2, 0) is 0 Å². The Morgan fingerprint density at radius 2 is 2.20 bits per heavy atom. The van der Waals surface area contributed by atoms with Crippen LogP contribution in [0, 0.1) is 0 Å². The lowest BCUT2D eigenvalue weighted by Crippen LogP contribution is -2.24. The Balaban J connectivity index is 1.98. The molecular formula is C10H17N5. The van der Waals surface area contributed by atoms with Gasteiger partial charge in [0.1, 0.15) is 18.0 Å². The third kappa shape index (κ3) is 2.56. The van der Waals surface area contributed by atoms with Crippen LogP contribution >= 0.6 is 0 Å². The molecule has 0 aliphatic carbocycles. The highest BCUT2D eigenvalue weighted by molar-refractivity contribution is 5.46. The first-order chi connectivity index (χ1) is 7.28. The van der Waals surface area contributed by atoms with Crippen molar-refractivity contribution in [3.8, 4) is 0 Å². The SMILES string of the molecule is CNc1cc(NC2CCN(C)C2)ncn1. The van der Waals surface area contributed by atoms with E-state index in [2.05, 4.69) is 32.5 Å². The second-order valence-corrected chi connectivity index (χ2v) is 3.93. The number of likely N-dealkylation sites (tertiary alicyclic amines) is 1. The van der Waals surface area contributed by atoms with E-state index in [0.717, 1.165) is 24.7 Å². The first kappa shape index (κ1) is 10.2. The summed E-state index contributed by atoms with van der Waals surface area (Å²) in [7, 11) is 4.00. The van der Waals surface area contributed by atoms with Crippen molar-refractivity contribution in [1.82, 2.24) is 14.9 Å². The standard InChI is InChI=1S/C10H17N5/c1-11-9-5-10(13-7-12-9)14-8-3-4-15(2)6-8/h5,7-8H,3-4,6H2,1-2H3,(H2,11,12,13,14). The molecule has 5 nitrogen and oxygen atoms in total. The molecule has 2 heterocycles. The molecule has 1 aromatic rings. The summed E-state index contributed by atoms with van der Waals surface area (Å²) in [5.41, 5.74) is 0. The summed E-state index contributed by atoms with van der Waals surface area (Å²) < 4.78 is 0. The molecule has 0 bridgehead atoms. The van der Waals surface area contributed by atoms with E-state index in [1.807, 2.05) is 13.1 Å². The molecule has 1 fully saturated rings. The van der Waals surface area contributed by atoms with Gasteiger partial charge in [-0.15, -0.1) is 0 Å². The van der Waals surface area contributed by atoms with E-state index in [1.165, 1.54) is 6.42 Å². The summed E-state index contributed by atoms with van der Waals surface area (Å²) in [6.07, 6.45) is 2.75. The first-order valence-corrected chi connectivity index (χ1v) is 5.23. The average molecular weight is 207 g/mol. The molecule has 2 rings (SSSR count). The van der Waals surface area contributed by atoms with E-state index in [9.17, 15) is 0 Å². The van der Waals surface area contributed by atoms with Crippen LogP contribution in [0.25, 0.3) is 0 Å². The van der Waals surface area contributed by atoms with E-state index < -0.39 is 0 Å². The lowest BCUT2D eigenvalue weighted by atomic mass is 10.2. The van der Waals surface area contributed by atoms with Crippen LogP contribution in [0.3, 0.4) is 0 Å². The smallest absolute Gasteiger partial charge is 0.131 e. The average Bonchev–Trinajstić information content (AvgIpc) is 2.64. The predicted molar refractivity (Wildman–Crippen MR) is 61.1 cm³/mol. The lowest BCUT2D eigenvalue weighted by molar-refractivity contribution is 0.414. The first-order valence-electron chi connectivity index (χ1n) is 5.23. The summed E-state index contributed by atoms with van der Waals surface area (Å²) >= 11 is 0. The molecule has 1 unspecified atom stereocenters. The van der Waals surface area contributed by atoms with Crippen molar-refractivity contribution in [2.45, 2.75) is 12.5 Å². The molecule has 1 aliphatic heterocycles. The van der Waals surface area contributed by atoms with E-state index in [-0.39, 0.29) is 0 Å². The Hall–Kier alpha value is -1.36. The van der Waals surface area contributed by atoms with Crippen molar-refractivity contribution in [3.63, 3.8) is 0 Å². The second kappa shape index (κ2) is 4.44. The molecule has 2 N–H and O–H groups in total. The molecule has 0 radical (unpaired) electrons. The molecule has 1 aliphatic rings. The lowest BCUT2D eigenvalue weighted by Gasteiger charge is -2.13. The van der Waals surface area contributed by atoms with Crippen LogP contribution in [0.5, 0.6) is 0 Å². The third-order valence-corrected chi connectivity index (χ3v) is 2.67. The van der Waals surface area contributed by atoms with Gasteiger partial charge in [0, 0.05) is 25.7 Å². The van der Waals surface area contributed by atoms with Gasteiger partial charge in [-0.3, -0.25) is 0 Å². The summed E-state index contributed by atoms with van der Waals surface area (Å²) in [6, 6.07) is 2.44. The van der Waals surface area contributed by atoms with Crippen LogP contribution in [0.4, 0.5) is 11.6 Å². The summed E-state index contributed by atoms with van der Waals surface area (Å²) in [5.74, 6) is 1.74. The maximum atomic E-state index is 4.20. The topological polar surface area (TPSA) is 53.1 Å². The molecule has 0 saturated carbocycles. The Labute approximate surface area is 89.9 Å². The largest absolute Gasteiger partial charge is 0.373 e. The van der Waals surface area contributed by atoms with Crippen LogP contribution < -0.4 is 10.6 Å². The zero-order chi connectivity index (χ0) is 10.7. The molecule has 1 saturated heterocycles. The number of likely N-dealkylation sites (N-methyl/N-ethyl adjacent to an activating group) is 1. The van der Waals surface area contributed by atoms with Gasteiger partial charge in [0.05, 0.1) is 0 Å². The molecule has 82 valence electrons. The van der Waals surface area contributed by atoms with Gasteiger partial charge in [0.25, 0.3) is 0 Å². The van der Waals surface area contributed by atoms with Gasteiger partial charge in [-0.25, -0.2) is 9.97 Å². The quantitative estimate of drug-likeness (QED) is 0.761. The zero-order valence-corrected chi connectivity index (χ0v) is 9.20. The number of rotatable bonds is 3. The summed E-state index contributed by atoms with van der Waals surface area (Å²) in [6.45, 7) is 2.24. The number of anilines is 2. The number of aromatic nitrogens is 2. The molecule has 0 amide bonds. The van der Waals surface area contributed by atoms with Gasteiger partial charge in [0.2, 0.25) is 0 Å². The Bertz CT molecular complexity index is 327. The summed E-state index contributed by atoms with van der Waals surface area (Å²) in [4.78, 5) is 10.6. The molecular weight excluding hydrogens is 190 g/mol. The van der Waals surface area contributed by atoms with Crippen molar-refractivity contribution in [3.05, 3.63) is 12.4 Å². The van der Waals surface area contributed by atoms with Crippen LogP contribution in [0.15, 0.2) is 12.4 Å². The van der Waals surface area contributed by atoms with Crippen molar-refractivity contribution >= 4 is 11.6 Å². The van der Waals surface area contributed by atoms with Crippen LogP contribution in [0.2, 0.25) is 0 Å². The number of nitrogens with zero attached hydrogens (tertiary/aromatic N) is 3. The third-order valence-electron chi connectivity index (χ3n) is 2.67. The fraction of sp³-hybridized carbons (Fsp3) is 0.600. The highest BCUT2D eigenvalue weighted by Crippen LogP contribution is 2.14. The molecule has 0 aromatic carbocycles. The Kier molecular flexibility index (Phi) is 3.01. The summed E-state index contributed by atoms with van der Waals surface area (Å²) in [5, 5.41) is 6.41. The minimum Gasteiger partial charge on any atom is -0.373 e. The monoisotopic (exact) mass is 207 g/mol. The van der Waals surface area contributed by atoms with Crippen molar-refractivity contribution in [1.29, 1.82) is 0 Å². The molecule has 0 spiro atoms. The molecule has 1 atom stereocenters. The van der Waals surface area contributed by atoms with E-state index in [1.54, 1.807) is 6.33 Å². The fourth-order valence-electron chi connectivity index (χ4n) is 1.83. The maximum Gasteiger partial charge on any atom is 0.131 e. The molecule has 1 aromatic heterocycles. The minimum absolute atomic E-state index is 0.509. The van der Waals surface area contributed by atoms with E-state index in [4.69, 9.17) is 0 Å². The number of hydrogen-bond donors (Lipinski definition) is 2. The number of nitrogens with one attached hydrogen (secondary N) is 2. The van der Waals surface area contributed by atoms with Gasteiger partial charge in [-0.2, -0.15) is 0 Å². The molecule has 15 heavy (non-hydrogen) atoms. The van der Waals surface area contributed by atoms with E-state index >= 15 is 0 Å².